The molecule has 0 atom stereocenters. The van der Waals surface area contributed by atoms with Gasteiger partial charge in [-0.1, -0.05) is 195 Å². The Bertz CT molecular complexity index is 5050. The molecule has 98 heavy (non-hydrogen) atoms. The number of fused-ring (bicyclic) bond motifs is 6. The molecule has 0 spiro atoms. The van der Waals surface area contributed by atoms with E-state index in [0.717, 1.165) is 56.9 Å². The molecule has 1 amide bonds. The Morgan fingerprint density at radius 3 is 1.50 bits per heavy atom. The van der Waals surface area contributed by atoms with E-state index in [1.807, 2.05) is 121 Å². The third kappa shape index (κ3) is 16.2. The van der Waals surface area contributed by atoms with E-state index >= 15 is 0 Å². The summed E-state index contributed by atoms with van der Waals surface area (Å²) in [5.74, 6) is 4.15. The van der Waals surface area contributed by atoms with E-state index in [1.165, 1.54) is 61.1 Å². The molecule has 1 aliphatic heterocycles. The number of para-hydroxylation sites is 5. The van der Waals surface area contributed by atoms with Crippen LogP contribution in [0.3, 0.4) is 0 Å². The lowest BCUT2D eigenvalue weighted by atomic mass is 10.1. The van der Waals surface area contributed by atoms with E-state index in [2.05, 4.69) is 195 Å². The number of amides is 1. The molecule has 0 radical (unpaired) electrons. The summed E-state index contributed by atoms with van der Waals surface area (Å²) in [5.41, 5.74) is 8.37. The third-order valence-electron chi connectivity index (χ3n) is 17.0. The van der Waals surface area contributed by atoms with Gasteiger partial charge in [0, 0.05) is 44.9 Å². The summed E-state index contributed by atoms with van der Waals surface area (Å²) in [5, 5.41) is 11.9. The summed E-state index contributed by atoms with van der Waals surface area (Å²) in [6, 6.07) is 84.9. The number of aryl methyl sites for hydroxylation is 1. The molecule has 14 aromatic rings. The van der Waals surface area contributed by atoms with Crippen molar-refractivity contribution < 1.29 is 81.0 Å². The molecule has 10 nitrogen and oxygen atoms in total. The number of aromatic nitrogens is 5. The zero-order valence-electron chi connectivity index (χ0n) is 53.4. The van der Waals surface area contributed by atoms with Crippen molar-refractivity contribution in [2.24, 2.45) is 7.05 Å². The maximum atomic E-state index is 11.9. The lowest BCUT2D eigenvalue weighted by molar-refractivity contribution is -0.691. The largest absolute Gasteiger partial charge is 1.00 e. The fourth-order valence-electron chi connectivity index (χ4n) is 12.0. The number of oxazole rings is 1. The van der Waals surface area contributed by atoms with Crippen LogP contribution in [0.25, 0.3) is 66.3 Å². The number of hydrogen-bond acceptors (Lipinski definition) is 4. The molecule has 0 saturated carbocycles. The zero-order valence-corrected chi connectivity index (χ0v) is 60.9. The topological polar surface area (TPSA) is 67.4 Å². The van der Waals surface area contributed by atoms with Crippen LogP contribution in [-0.2, 0) is 38.0 Å². The molecule has 0 fully saturated rings. The van der Waals surface area contributed by atoms with E-state index in [0.29, 0.717) is 52.7 Å². The van der Waals surface area contributed by atoms with Gasteiger partial charge in [0.15, 0.2) is 11.6 Å². The van der Waals surface area contributed by atoms with Crippen LogP contribution in [0.1, 0.15) is 54.1 Å². The van der Waals surface area contributed by atoms with Gasteiger partial charge in [0.2, 0.25) is 11.5 Å². The van der Waals surface area contributed by atoms with Gasteiger partial charge in [0.05, 0.1) is 11.8 Å². The Labute approximate surface area is 625 Å². The Hall–Kier alpha value is -8.70. The smallest absolute Gasteiger partial charge is 0.375 e. The van der Waals surface area contributed by atoms with E-state index in [9.17, 15) is 4.79 Å². The minimum absolute atomic E-state index is 0. The van der Waals surface area contributed by atoms with Gasteiger partial charge in [0.1, 0.15) is 33.2 Å². The molecular formula is C81H70BrCl5IN7O3. The van der Waals surface area contributed by atoms with Gasteiger partial charge >= 0.3 is 5.89 Å². The predicted octanol–water partition coefficient (Wildman–Crippen LogP) is 10.6. The summed E-state index contributed by atoms with van der Waals surface area (Å²) < 4.78 is 22.1. The van der Waals surface area contributed by atoms with E-state index in [-0.39, 0.29) is 66.7 Å². The normalized spacial score (nSPS) is 12.0. The Morgan fingerprint density at radius 2 is 0.969 bits per heavy atom. The van der Waals surface area contributed by atoms with Crippen LogP contribution in [-0.4, -0.2) is 22.1 Å². The van der Waals surface area contributed by atoms with Crippen molar-refractivity contribution in [1.29, 1.82) is 0 Å². The predicted molar refractivity (Wildman–Crippen MR) is 392 cm³/mol. The van der Waals surface area contributed by atoms with Gasteiger partial charge in [-0.25, -0.2) is 18.3 Å². The number of benzene rings is 11. The number of hydrogen-bond donors (Lipinski definition) is 0. The monoisotopic (exact) mass is 1570 g/mol. The first-order valence-corrected chi connectivity index (χ1v) is 32.4. The molecular weight excluding hydrogens is 1500 g/mol. The standard InChI is InChI=1S/C36H28Cl2N3O.C26H21Cl2N2.C18H17N2O2.CH4.BrH.ClH.HI/c1-39-31-13-6-7-14-32(31)42-34(39)16-8-15-33-40(23-25-17-19-27-9-2-4-11-29(27)21-25)35(37)36(38)41(33)24-26-18-20-28-10-3-5-12-30(28)22-26;1-18-29(16-19-10-12-21-6-2-4-8-23(21)14-19)25(27)26(28)30(18)17-20-11-13-22-7-3-5-9-24(22)15-20;1-14(21)20(15-8-4-3-5-9-15)13-12-18-19(2)16-10-6-7-11-17(16)22-18;;;;/h2-22H,23-24H2,1H3;2-15H,16-17H2,1H3;3-13H,1-2H3;1H4;3*1H/q3*+1;;;;/p-3. The van der Waals surface area contributed by atoms with Gasteiger partial charge in [-0.2, -0.15) is 4.57 Å². The number of anilines is 2. The van der Waals surface area contributed by atoms with Gasteiger partial charge in [-0.3, -0.25) is 9.69 Å². The first kappa shape index (κ1) is 73.5. The molecule has 11 aromatic carbocycles. The zero-order chi connectivity index (χ0) is 64.8. The number of carbonyl (C=O) groups excluding carboxylic acids is 1. The minimum atomic E-state index is -0.0544. The summed E-state index contributed by atoms with van der Waals surface area (Å²) in [4.78, 5) is 15.5. The van der Waals surface area contributed by atoms with E-state index < -0.39 is 0 Å². The molecule has 0 N–H and O–H groups in total. The van der Waals surface area contributed by atoms with E-state index in [1.54, 1.807) is 17.2 Å². The first-order chi connectivity index (χ1) is 45.8. The fourth-order valence-corrected chi connectivity index (χ4v) is 13.1. The van der Waals surface area contributed by atoms with Crippen molar-refractivity contribution in [3.63, 3.8) is 0 Å². The average molecular weight is 1570 g/mol. The molecule has 15 rings (SSSR count). The number of nitrogens with zero attached hydrogens (tertiary/aromatic N) is 7. The number of carbonyl (C=O) groups is 1. The number of imidazole rings is 2. The summed E-state index contributed by atoms with van der Waals surface area (Å²) in [6.45, 7) is 6.12. The molecule has 0 saturated heterocycles. The van der Waals surface area contributed by atoms with Crippen LogP contribution in [0.5, 0.6) is 5.75 Å². The molecule has 1 aliphatic rings. The van der Waals surface area contributed by atoms with Crippen molar-refractivity contribution in [3.05, 3.63) is 333 Å². The van der Waals surface area contributed by atoms with Crippen LogP contribution in [0.15, 0.2) is 277 Å². The molecule has 0 unspecified atom stereocenters. The molecule has 0 aliphatic carbocycles. The number of halogens is 7. The minimum Gasteiger partial charge on any atom is -1.00 e. The highest BCUT2D eigenvalue weighted by Gasteiger charge is 2.30. The highest BCUT2D eigenvalue weighted by Crippen LogP contribution is 2.37. The third-order valence-corrected chi connectivity index (χ3v) is 18.7. The van der Waals surface area contributed by atoms with Crippen LogP contribution in [0, 0.1) is 6.92 Å². The lowest BCUT2D eigenvalue weighted by Crippen LogP contribution is -3.00. The molecule has 496 valence electrons. The van der Waals surface area contributed by atoms with Crippen molar-refractivity contribution in [2.45, 2.75) is 47.5 Å². The summed E-state index contributed by atoms with van der Waals surface area (Å²) in [7, 11) is 3.94. The van der Waals surface area contributed by atoms with Crippen molar-refractivity contribution in [1.82, 2.24) is 9.13 Å². The highest BCUT2D eigenvalue weighted by molar-refractivity contribution is 6.40. The maximum Gasteiger partial charge on any atom is 0.375 e. The number of ether oxygens (including phenoxy) is 1. The van der Waals surface area contributed by atoms with Gasteiger partial charge < -0.3 is 67.4 Å². The van der Waals surface area contributed by atoms with Crippen LogP contribution in [0.4, 0.5) is 11.4 Å². The lowest BCUT2D eigenvalue weighted by Gasteiger charge is -2.15. The van der Waals surface area contributed by atoms with Crippen molar-refractivity contribution in [2.75, 3.05) is 16.8 Å². The van der Waals surface area contributed by atoms with Gasteiger partial charge in [-0.15, -0.1) is 0 Å². The van der Waals surface area contributed by atoms with E-state index in [4.69, 9.17) is 55.6 Å². The first-order valence-electron chi connectivity index (χ1n) is 30.9. The SMILES string of the molecule is C.CC(=O)N(/C=C/c1oc2ccccc2[n+]1C)c1ccccc1.CN1/C(=C/C=C/c2n(Cc3ccc4ccccc4c3)c(Cl)c(Cl)[n+]2Cc2ccc3ccccc3c2)Oc2ccccc21.Cc1n(Cc2ccc3ccccc3c2)c(Cl)c(Cl)[n+]1Cc1ccc2ccccc2c1.[Br-].[Cl-].[I-]. The van der Waals surface area contributed by atoms with Gasteiger partial charge in [0.25, 0.3) is 37.8 Å². The molecule has 4 heterocycles. The Morgan fingerprint density at radius 1 is 0.531 bits per heavy atom. The van der Waals surface area contributed by atoms with Crippen molar-refractivity contribution in [3.8, 4) is 5.75 Å². The number of allylic oxidation sites excluding steroid dienone is 2. The van der Waals surface area contributed by atoms with Crippen molar-refractivity contribution >= 4 is 130 Å². The quantitative estimate of drug-likeness (QED) is 0.0852. The second kappa shape index (κ2) is 33.2. The summed E-state index contributed by atoms with van der Waals surface area (Å²) in [6.07, 6.45) is 9.54. The second-order valence-electron chi connectivity index (χ2n) is 23.1. The molecule has 3 aromatic heterocycles. The maximum absolute atomic E-state index is 11.9. The Kier molecular flexibility index (Phi) is 24.9. The second-order valence-corrected chi connectivity index (χ2v) is 24.6. The van der Waals surface area contributed by atoms with Crippen LogP contribution in [0.2, 0.25) is 20.6 Å². The van der Waals surface area contributed by atoms with Crippen LogP contribution >= 0.6 is 46.4 Å². The molecule has 17 heteroatoms. The van der Waals surface area contributed by atoms with Crippen LogP contribution < -0.4 is 81.6 Å². The average Bonchev–Trinajstić information content (AvgIpc) is 1.65. The summed E-state index contributed by atoms with van der Waals surface area (Å²) >= 11 is 27.3. The fraction of sp³-hybridized carbons (Fsp3) is 0.111. The van der Waals surface area contributed by atoms with Gasteiger partial charge in [-0.05, 0) is 178 Å². The Balaban J connectivity index is 0.000000177. The highest BCUT2D eigenvalue weighted by atomic mass is 127. The molecule has 0 bridgehead atoms. The number of rotatable bonds is 13.